The van der Waals surface area contributed by atoms with Crippen molar-refractivity contribution in [3.63, 3.8) is 0 Å². The molecule has 0 fully saturated rings. The highest BCUT2D eigenvalue weighted by Gasteiger charge is 2.25. The Morgan fingerprint density at radius 2 is 1.77 bits per heavy atom. The molecule has 0 spiro atoms. The van der Waals surface area contributed by atoms with E-state index in [-0.39, 0.29) is 0 Å². The molecule has 0 saturated carbocycles. The fourth-order valence-corrected chi connectivity index (χ4v) is 2.93. The van der Waals surface area contributed by atoms with E-state index in [4.69, 9.17) is 0 Å². The summed E-state index contributed by atoms with van der Waals surface area (Å²) in [6, 6.07) is 17.5. The lowest BCUT2D eigenvalue weighted by Gasteiger charge is -2.29. The molecule has 0 aliphatic rings. The monoisotopic (exact) mass is 319 g/mol. The molecule has 118 valence electrons. The van der Waals surface area contributed by atoms with Gasteiger partial charge in [-0.15, -0.1) is 0 Å². The molecule has 1 atom stereocenters. The van der Waals surface area contributed by atoms with Crippen molar-refractivity contribution in [1.29, 1.82) is 0 Å². The smallest absolute Gasteiger partial charge is 0.286 e. The SMILES string of the molecule is Cc1cccc(N(CCc2ccccc2)C(C)S(=O)(=O)O)c1. The number of benzene rings is 2. The zero-order valence-electron chi connectivity index (χ0n) is 12.8. The number of rotatable bonds is 6. The predicted octanol–water partition coefficient (Wildman–Crippen LogP) is 3.28. The summed E-state index contributed by atoms with van der Waals surface area (Å²) in [6.45, 7) is 3.97. The number of aryl methyl sites for hydroxylation is 1. The Labute approximate surface area is 132 Å². The van der Waals surface area contributed by atoms with E-state index >= 15 is 0 Å². The van der Waals surface area contributed by atoms with Crippen LogP contribution in [-0.2, 0) is 16.5 Å². The Kier molecular flexibility index (Phi) is 5.21. The molecule has 0 saturated heterocycles. The number of anilines is 1. The molecule has 2 aromatic carbocycles. The highest BCUT2D eigenvalue weighted by atomic mass is 32.2. The van der Waals surface area contributed by atoms with Crippen molar-refractivity contribution in [2.75, 3.05) is 11.4 Å². The number of hydrogen-bond donors (Lipinski definition) is 1. The molecule has 22 heavy (non-hydrogen) atoms. The second-order valence-corrected chi connectivity index (χ2v) is 7.09. The van der Waals surface area contributed by atoms with Gasteiger partial charge < -0.3 is 4.90 Å². The van der Waals surface area contributed by atoms with Gasteiger partial charge in [-0.2, -0.15) is 8.42 Å². The summed E-state index contributed by atoms with van der Waals surface area (Å²) in [5, 5.41) is -0.988. The highest BCUT2D eigenvalue weighted by molar-refractivity contribution is 7.86. The topological polar surface area (TPSA) is 57.6 Å². The average molecular weight is 319 g/mol. The number of hydrogen-bond acceptors (Lipinski definition) is 3. The second kappa shape index (κ2) is 6.94. The van der Waals surface area contributed by atoms with Crippen molar-refractivity contribution >= 4 is 15.8 Å². The standard InChI is InChI=1S/C17H21NO3S/c1-14-7-6-10-17(13-14)18(15(2)22(19,20)21)12-11-16-8-4-3-5-9-16/h3-10,13,15H,11-12H2,1-2H3,(H,19,20,21). The van der Waals surface area contributed by atoms with Crippen LogP contribution in [0.15, 0.2) is 54.6 Å². The van der Waals surface area contributed by atoms with Gasteiger partial charge in [0.1, 0.15) is 0 Å². The van der Waals surface area contributed by atoms with E-state index in [2.05, 4.69) is 0 Å². The molecule has 2 rings (SSSR count). The van der Waals surface area contributed by atoms with E-state index in [9.17, 15) is 13.0 Å². The molecule has 4 nitrogen and oxygen atoms in total. The van der Waals surface area contributed by atoms with Crippen molar-refractivity contribution in [2.24, 2.45) is 0 Å². The van der Waals surface area contributed by atoms with E-state index in [1.54, 1.807) is 4.90 Å². The summed E-state index contributed by atoms with van der Waals surface area (Å²) in [5.74, 6) is 0. The van der Waals surface area contributed by atoms with Crippen LogP contribution in [0, 0.1) is 6.92 Å². The van der Waals surface area contributed by atoms with E-state index in [1.165, 1.54) is 6.92 Å². The Morgan fingerprint density at radius 1 is 1.09 bits per heavy atom. The van der Waals surface area contributed by atoms with Crippen LogP contribution in [0.2, 0.25) is 0 Å². The first-order valence-corrected chi connectivity index (χ1v) is 8.72. The molecule has 0 radical (unpaired) electrons. The third kappa shape index (κ3) is 4.32. The minimum atomic E-state index is -4.14. The van der Waals surface area contributed by atoms with Gasteiger partial charge in [0.15, 0.2) is 5.37 Å². The maximum absolute atomic E-state index is 11.6. The van der Waals surface area contributed by atoms with E-state index in [0.717, 1.165) is 16.8 Å². The van der Waals surface area contributed by atoms with Crippen LogP contribution in [-0.4, -0.2) is 24.9 Å². The normalized spacial score (nSPS) is 12.9. The molecule has 0 aliphatic carbocycles. The van der Waals surface area contributed by atoms with Crippen molar-refractivity contribution in [3.8, 4) is 0 Å². The van der Waals surface area contributed by atoms with Crippen LogP contribution in [0.4, 0.5) is 5.69 Å². The van der Waals surface area contributed by atoms with Gasteiger partial charge in [-0.25, -0.2) is 0 Å². The largest absolute Gasteiger partial charge is 0.353 e. The molecule has 0 bridgehead atoms. The Hall–Kier alpha value is -1.85. The third-order valence-corrected chi connectivity index (χ3v) is 4.80. The summed E-state index contributed by atoms with van der Waals surface area (Å²) >= 11 is 0. The Balaban J connectivity index is 2.26. The Bertz CT molecular complexity index is 714. The highest BCUT2D eigenvalue weighted by Crippen LogP contribution is 2.21. The zero-order chi connectivity index (χ0) is 16.2. The van der Waals surface area contributed by atoms with Crippen molar-refractivity contribution in [1.82, 2.24) is 0 Å². The lowest BCUT2D eigenvalue weighted by Crippen LogP contribution is -2.40. The molecular weight excluding hydrogens is 298 g/mol. The first-order valence-electron chi connectivity index (χ1n) is 7.21. The number of nitrogens with zero attached hydrogens (tertiary/aromatic N) is 1. The van der Waals surface area contributed by atoms with Crippen LogP contribution in [0.3, 0.4) is 0 Å². The van der Waals surface area contributed by atoms with Gasteiger partial charge in [0.2, 0.25) is 0 Å². The molecule has 0 amide bonds. The van der Waals surface area contributed by atoms with Crippen LogP contribution in [0.5, 0.6) is 0 Å². The molecule has 5 heteroatoms. The van der Waals surface area contributed by atoms with E-state index in [1.807, 2.05) is 61.5 Å². The summed E-state index contributed by atoms with van der Waals surface area (Å²) in [4.78, 5) is 1.72. The molecule has 0 aliphatic heterocycles. The van der Waals surface area contributed by atoms with Gasteiger partial charge >= 0.3 is 0 Å². The molecule has 1 N–H and O–H groups in total. The minimum absolute atomic E-state index is 0.508. The summed E-state index contributed by atoms with van der Waals surface area (Å²) in [7, 11) is -4.14. The first kappa shape index (κ1) is 16.5. The molecule has 1 unspecified atom stereocenters. The van der Waals surface area contributed by atoms with Crippen LogP contribution in [0.1, 0.15) is 18.1 Å². The van der Waals surface area contributed by atoms with Crippen molar-refractivity contribution in [3.05, 3.63) is 65.7 Å². The molecule has 0 aromatic heterocycles. The van der Waals surface area contributed by atoms with Gasteiger partial charge in [-0.1, -0.05) is 42.5 Å². The van der Waals surface area contributed by atoms with Crippen molar-refractivity contribution < 1.29 is 13.0 Å². The van der Waals surface area contributed by atoms with Crippen LogP contribution >= 0.6 is 0 Å². The third-order valence-electron chi connectivity index (χ3n) is 3.69. The van der Waals surface area contributed by atoms with Gasteiger partial charge in [0, 0.05) is 12.2 Å². The molecular formula is C17H21NO3S. The first-order chi connectivity index (χ1) is 10.4. The fraction of sp³-hybridized carbons (Fsp3) is 0.294. The van der Waals surface area contributed by atoms with Gasteiger partial charge in [0.25, 0.3) is 10.1 Å². The second-order valence-electron chi connectivity index (χ2n) is 5.38. The zero-order valence-corrected chi connectivity index (χ0v) is 13.6. The van der Waals surface area contributed by atoms with Crippen molar-refractivity contribution in [2.45, 2.75) is 25.6 Å². The fourth-order valence-electron chi connectivity index (χ4n) is 2.38. The maximum Gasteiger partial charge on any atom is 0.286 e. The lowest BCUT2D eigenvalue weighted by atomic mass is 10.1. The minimum Gasteiger partial charge on any atom is -0.353 e. The predicted molar refractivity (Wildman–Crippen MR) is 89.7 cm³/mol. The quantitative estimate of drug-likeness (QED) is 0.830. The van der Waals surface area contributed by atoms with E-state index in [0.29, 0.717) is 13.0 Å². The Morgan fingerprint density at radius 3 is 2.36 bits per heavy atom. The van der Waals surface area contributed by atoms with Gasteiger partial charge in [-0.05, 0) is 43.5 Å². The van der Waals surface area contributed by atoms with Crippen LogP contribution < -0.4 is 4.90 Å². The summed E-state index contributed by atoms with van der Waals surface area (Å²) in [5.41, 5.74) is 2.97. The summed E-state index contributed by atoms with van der Waals surface area (Å²) < 4.78 is 32.5. The average Bonchev–Trinajstić information content (AvgIpc) is 2.47. The molecule has 2 aromatic rings. The van der Waals surface area contributed by atoms with Gasteiger partial charge in [-0.3, -0.25) is 4.55 Å². The summed E-state index contributed by atoms with van der Waals surface area (Å²) in [6.07, 6.45) is 0.703. The lowest BCUT2D eigenvalue weighted by molar-refractivity contribution is 0.466. The maximum atomic E-state index is 11.6. The van der Waals surface area contributed by atoms with Crippen LogP contribution in [0.25, 0.3) is 0 Å². The van der Waals surface area contributed by atoms with Gasteiger partial charge in [0.05, 0.1) is 0 Å². The molecule has 0 heterocycles. The van der Waals surface area contributed by atoms with E-state index < -0.39 is 15.5 Å².